The van der Waals surface area contributed by atoms with Crippen molar-refractivity contribution in [2.24, 2.45) is 5.92 Å². The van der Waals surface area contributed by atoms with Crippen molar-refractivity contribution in [3.05, 3.63) is 65.2 Å². The average Bonchev–Trinajstić information content (AvgIpc) is 2.55. The van der Waals surface area contributed by atoms with Crippen molar-refractivity contribution in [1.82, 2.24) is 4.72 Å². The van der Waals surface area contributed by atoms with Gasteiger partial charge in [0.05, 0.1) is 12.9 Å². The van der Waals surface area contributed by atoms with Crippen LogP contribution < -0.4 is 9.46 Å². The lowest BCUT2D eigenvalue weighted by molar-refractivity contribution is 0.414. The van der Waals surface area contributed by atoms with Gasteiger partial charge in [-0.05, 0) is 48.1 Å². The molecule has 0 saturated heterocycles. The third-order valence-corrected chi connectivity index (χ3v) is 5.49. The van der Waals surface area contributed by atoms with Crippen molar-refractivity contribution in [2.75, 3.05) is 7.11 Å². The number of nitrogens with one attached hydrogen (secondary N) is 1. The Hall–Kier alpha value is -1.85. The predicted octanol–water partition coefficient (Wildman–Crippen LogP) is 4.21. The molecule has 0 aliphatic carbocycles. The first-order chi connectivity index (χ1) is 11.8. The Balaban J connectivity index is 2.21. The number of ether oxygens (including phenoxy) is 1. The molecule has 0 heterocycles. The second-order valence-corrected chi connectivity index (χ2v) is 8.51. The van der Waals surface area contributed by atoms with E-state index in [0.717, 1.165) is 28.9 Å². The summed E-state index contributed by atoms with van der Waals surface area (Å²) in [6, 6.07) is 14.9. The molecular weight excluding hydrogens is 334 g/mol. The topological polar surface area (TPSA) is 55.4 Å². The number of methoxy groups -OCH3 is 1. The zero-order valence-corrected chi connectivity index (χ0v) is 16.1. The average molecular weight is 362 g/mol. The maximum Gasteiger partial charge on any atom is 0.216 e. The second kappa shape index (κ2) is 8.50. The Bertz CT molecular complexity index is 783. The van der Waals surface area contributed by atoms with Gasteiger partial charge in [-0.25, -0.2) is 13.1 Å². The molecule has 136 valence electrons. The first kappa shape index (κ1) is 19.5. The minimum Gasteiger partial charge on any atom is -0.497 e. The van der Waals surface area contributed by atoms with Crippen LogP contribution in [0.1, 0.15) is 43.0 Å². The van der Waals surface area contributed by atoms with Gasteiger partial charge in [-0.1, -0.05) is 50.2 Å². The predicted molar refractivity (Wildman–Crippen MR) is 102 cm³/mol. The van der Waals surface area contributed by atoms with Crippen LogP contribution in [-0.2, 0) is 15.8 Å². The molecular formula is C20H27NO3S. The summed E-state index contributed by atoms with van der Waals surface area (Å²) in [6.45, 7) is 6.11. The maximum absolute atomic E-state index is 12.7. The monoisotopic (exact) mass is 361 g/mol. The van der Waals surface area contributed by atoms with Crippen LogP contribution in [0.2, 0.25) is 0 Å². The summed E-state index contributed by atoms with van der Waals surface area (Å²) in [6.07, 6.45) is 0.735. The van der Waals surface area contributed by atoms with E-state index in [1.165, 1.54) is 0 Å². The quantitative estimate of drug-likeness (QED) is 0.766. The van der Waals surface area contributed by atoms with Gasteiger partial charge < -0.3 is 4.74 Å². The lowest BCUT2D eigenvalue weighted by Crippen LogP contribution is -2.30. The highest BCUT2D eigenvalue weighted by Gasteiger charge is 2.21. The normalized spacial score (nSPS) is 13.0. The third-order valence-electron chi connectivity index (χ3n) is 4.15. The first-order valence-corrected chi connectivity index (χ1v) is 10.1. The number of sulfonamides is 1. The minimum absolute atomic E-state index is 0.00950. The van der Waals surface area contributed by atoms with E-state index in [4.69, 9.17) is 4.74 Å². The van der Waals surface area contributed by atoms with E-state index in [9.17, 15) is 8.42 Å². The van der Waals surface area contributed by atoms with Gasteiger partial charge in [-0.3, -0.25) is 0 Å². The summed E-state index contributed by atoms with van der Waals surface area (Å²) in [5.74, 6) is 1.12. The fourth-order valence-corrected chi connectivity index (χ4v) is 4.28. The van der Waals surface area contributed by atoms with E-state index in [0.29, 0.717) is 5.92 Å². The molecule has 1 atom stereocenters. The van der Waals surface area contributed by atoms with Gasteiger partial charge in [0.25, 0.3) is 0 Å². The molecule has 25 heavy (non-hydrogen) atoms. The zero-order chi connectivity index (χ0) is 18.4. The summed E-state index contributed by atoms with van der Waals surface area (Å²) < 4.78 is 33.5. The molecule has 4 nitrogen and oxygen atoms in total. The minimum atomic E-state index is -3.45. The summed E-state index contributed by atoms with van der Waals surface area (Å²) in [4.78, 5) is 0. The smallest absolute Gasteiger partial charge is 0.216 e. The molecule has 0 fully saturated rings. The van der Waals surface area contributed by atoms with Crippen LogP contribution >= 0.6 is 0 Å². The van der Waals surface area contributed by atoms with Crippen molar-refractivity contribution in [2.45, 2.75) is 39.0 Å². The van der Waals surface area contributed by atoms with E-state index in [1.807, 2.05) is 55.5 Å². The second-order valence-electron chi connectivity index (χ2n) is 6.76. The Labute approximate surface area is 151 Å². The highest BCUT2D eigenvalue weighted by Crippen LogP contribution is 2.25. The highest BCUT2D eigenvalue weighted by molar-refractivity contribution is 7.88. The summed E-state index contributed by atoms with van der Waals surface area (Å²) in [5.41, 5.74) is 2.76. The number of aryl methyl sites for hydroxylation is 1. The molecule has 2 aromatic carbocycles. The van der Waals surface area contributed by atoms with E-state index in [-0.39, 0.29) is 11.8 Å². The molecule has 0 saturated carbocycles. The first-order valence-electron chi connectivity index (χ1n) is 8.49. The lowest BCUT2D eigenvalue weighted by atomic mass is 9.98. The molecule has 0 spiro atoms. The molecule has 5 heteroatoms. The third kappa shape index (κ3) is 5.87. The van der Waals surface area contributed by atoms with Gasteiger partial charge in [0.1, 0.15) is 5.75 Å². The fourth-order valence-electron chi connectivity index (χ4n) is 2.80. The van der Waals surface area contributed by atoms with Gasteiger partial charge in [0, 0.05) is 6.04 Å². The van der Waals surface area contributed by atoms with E-state index >= 15 is 0 Å². The van der Waals surface area contributed by atoms with Crippen LogP contribution in [0, 0.1) is 12.8 Å². The van der Waals surface area contributed by atoms with Crippen LogP contribution in [0.15, 0.2) is 48.5 Å². The number of rotatable bonds is 8. The largest absolute Gasteiger partial charge is 0.497 e. The molecule has 0 aromatic heterocycles. The van der Waals surface area contributed by atoms with Crippen molar-refractivity contribution < 1.29 is 13.2 Å². The molecule has 0 radical (unpaired) electrons. The molecule has 2 aromatic rings. The lowest BCUT2D eigenvalue weighted by Gasteiger charge is -2.21. The Morgan fingerprint density at radius 1 is 1.04 bits per heavy atom. The molecule has 0 aliphatic rings. The van der Waals surface area contributed by atoms with Crippen molar-refractivity contribution in [3.63, 3.8) is 0 Å². The Morgan fingerprint density at radius 2 is 1.68 bits per heavy atom. The van der Waals surface area contributed by atoms with Gasteiger partial charge in [-0.15, -0.1) is 0 Å². The van der Waals surface area contributed by atoms with E-state index in [2.05, 4.69) is 18.6 Å². The van der Waals surface area contributed by atoms with E-state index in [1.54, 1.807) is 7.11 Å². The standard InChI is InChI=1S/C20H27NO3S/c1-15(2)13-20(17-9-11-19(24-4)12-10-17)21-25(22,23)14-18-8-6-5-7-16(18)3/h5-12,15,20-21H,13-14H2,1-4H3/t20-/m0/s1. The Kier molecular flexibility index (Phi) is 6.62. The van der Waals surface area contributed by atoms with Crippen molar-refractivity contribution >= 4 is 10.0 Å². The van der Waals surface area contributed by atoms with Gasteiger partial charge >= 0.3 is 0 Å². The number of hydrogen-bond acceptors (Lipinski definition) is 3. The van der Waals surface area contributed by atoms with Crippen LogP contribution in [0.25, 0.3) is 0 Å². The Morgan fingerprint density at radius 3 is 2.24 bits per heavy atom. The number of benzene rings is 2. The molecule has 2 rings (SSSR count). The molecule has 0 aliphatic heterocycles. The van der Waals surface area contributed by atoms with Crippen LogP contribution in [0.5, 0.6) is 5.75 Å². The van der Waals surface area contributed by atoms with Crippen LogP contribution in [0.3, 0.4) is 0 Å². The van der Waals surface area contributed by atoms with E-state index < -0.39 is 10.0 Å². The maximum atomic E-state index is 12.7. The SMILES string of the molecule is COc1ccc([C@H](CC(C)C)NS(=O)(=O)Cc2ccccc2C)cc1. The van der Waals surface area contributed by atoms with Crippen molar-refractivity contribution in [1.29, 1.82) is 0 Å². The van der Waals surface area contributed by atoms with Gasteiger partial charge in [0.2, 0.25) is 10.0 Å². The van der Waals surface area contributed by atoms with Gasteiger partial charge in [-0.2, -0.15) is 0 Å². The molecule has 0 unspecified atom stereocenters. The molecule has 0 amide bonds. The highest BCUT2D eigenvalue weighted by atomic mass is 32.2. The zero-order valence-electron chi connectivity index (χ0n) is 15.3. The summed E-state index contributed by atoms with van der Waals surface area (Å²) >= 11 is 0. The number of hydrogen-bond donors (Lipinski definition) is 1. The molecule has 1 N–H and O–H groups in total. The van der Waals surface area contributed by atoms with Crippen LogP contribution in [0.4, 0.5) is 0 Å². The van der Waals surface area contributed by atoms with Crippen molar-refractivity contribution in [3.8, 4) is 5.75 Å². The van der Waals surface area contributed by atoms with Gasteiger partial charge in [0.15, 0.2) is 0 Å². The van der Waals surface area contributed by atoms with Crippen LogP contribution in [-0.4, -0.2) is 15.5 Å². The summed E-state index contributed by atoms with van der Waals surface area (Å²) in [5, 5.41) is 0. The fraction of sp³-hybridized carbons (Fsp3) is 0.400. The molecule has 0 bridgehead atoms. The summed E-state index contributed by atoms with van der Waals surface area (Å²) in [7, 11) is -1.83.